The van der Waals surface area contributed by atoms with Crippen molar-refractivity contribution in [3.63, 3.8) is 0 Å². The smallest absolute Gasteiger partial charge is 0.263 e. The number of fused-ring (bicyclic) bond motifs is 1. The van der Waals surface area contributed by atoms with Gasteiger partial charge >= 0.3 is 0 Å². The number of H-pyrrole nitrogens is 2. The Morgan fingerprint density at radius 1 is 1.36 bits per heavy atom. The van der Waals surface area contributed by atoms with Crippen LogP contribution in [0, 0.1) is 0 Å². The Balaban J connectivity index is 1.53. The van der Waals surface area contributed by atoms with E-state index in [9.17, 15) is 4.79 Å². The summed E-state index contributed by atoms with van der Waals surface area (Å²) in [6.07, 6.45) is 5.79. The molecule has 0 aliphatic carbocycles. The van der Waals surface area contributed by atoms with Gasteiger partial charge in [0.05, 0.1) is 18.9 Å². The van der Waals surface area contributed by atoms with E-state index in [1.165, 1.54) is 6.20 Å². The zero-order chi connectivity index (χ0) is 14.9. The molecule has 0 bridgehead atoms. The normalized spacial score (nSPS) is 18.0. The number of anilines is 1. The van der Waals surface area contributed by atoms with Gasteiger partial charge in [-0.2, -0.15) is 10.1 Å². The Hall–Kier alpha value is -2.90. The first kappa shape index (κ1) is 12.8. The molecule has 22 heavy (non-hydrogen) atoms. The van der Waals surface area contributed by atoms with Gasteiger partial charge in [-0.1, -0.05) is 0 Å². The molecule has 8 heteroatoms. The monoisotopic (exact) mass is 298 g/mol. The Morgan fingerprint density at radius 2 is 2.32 bits per heavy atom. The van der Waals surface area contributed by atoms with Gasteiger partial charge in [0.25, 0.3) is 5.56 Å². The molecule has 1 unspecified atom stereocenters. The van der Waals surface area contributed by atoms with Crippen molar-refractivity contribution in [2.45, 2.75) is 12.5 Å². The number of aromatic nitrogens is 5. The van der Waals surface area contributed by atoms with E-state index >= 15 is 0 Å². The highest BCUT2D eigenvalue weighted by molar-refractivity contribution is 5.73. The lowest BCUT2D eigenvalue weighted by molar-refractivity contribution is 0.224. The number of nitrogens with one attached hydrogen (secondary N) is 2. The molecular weight excluding hydrogens is 284 g/mol. The molecule has 4 rings (SSSR count). The third kappa shape index (κ3) is 2.28. The van der Waals surface area contributed by atoms with Crippen molar-refractivity contribution in [1.82, 2.24) is 25.1 Å². The number of ether oxygens (including phenoxy) is 1. The predicted molar refractivity (Wildman–Crippen MR) is 80.0 cm³/mol. The molecule has 1 atom stereocenters. The first-order valence-electron chi connectivity index (χ1n) is 7.04. The van der Waals surface area contributed by atoms with Gasteiger partial charge in [-0.15, -0.1) is 0 Å². The number of rotatable bonds is 3. The molecule has 1 fully saturated rings. The second-order valence-electron chi connectivity index (χ2n) is 5.19. The summed E-state index contributed by atoms with van der Waals surface area (Å²) in [4.78, 5) is 25.2. The number of aromatic amines is 2. The zero-order valence-electron chi connectivity index (χ0n) is 11.7. The summed E-state index contributed by atoms with van der Waals surface area (Å²) in [6.45, 7) is 1.44. The van der Waals surface area contributed by atoms with Gasteiger partial charge in [-0.25, -0.2) is 0 Å². The molecule has 2 N–H and O–H groups in total. The quantitative estimate of drug-likeness (QED) is 0.738. The third-order valence-electron chi connectivity index (χ3n) is 3.69. The fourth-order valence-corrected chi connectivity index (χ4v) is 2.61. The highest BCUT2D eigenvalue weighted by Crippen LogP contribution is 2.20. The van der Waals surface area contributed by atoms with E-state index < -0.39 is 0 Å². The van der Waals surface area contributed by atoms with Gasteiger partial charge in [0, 0.05) is 19.2 Å². The highest BCUT2D eigenvalue weighted by atomic mass is 16.5. The predicted octanol–water partition coefficient (Wildman–Crippen LogP) is 0.699. The van der Waals surface area contributed by atoms with Crippen molar-refractivity contribution >= 4 is 17.0 Å². The van der Waals surface area contributed by atoms with Crippen molar-refractivity contribution in [2.24, 2.45) is 0 Å². The fraction of sp³-hybridized carbons (Fsp3) is 0.286. The molecule has 1 saturated heterocycles. The number of hydrogen-bond acceptors (Lipinski definition) is 6. The summed E-state index contributed by atoms with van der Waals surface area (Å²) >= 11 is 0. The van der Waals surface area contributed by atoms with Gasteiger partial charge in [-0.05, 0) is 12.1 Å². The van der Waals surface area contributed by atoms with Crippen molar-refractivity contribution in [3.05, 3.63) is 41.1 Å². The van der Waals surface area contributed by atoms with Gasteiger partial charge in [0.15, 0.2) is 5.65 Å². The van der Waals surface area contributed by atoms with Gasteiger partial charge in [0.1, 0.15) is 17.2 Å². The second kappa shape index (κ2) is 5.14. The molecule has 3 aromatic heterocycles. The van der Waals surface area contributed by atoms with Crippen molar-refractivity contribution < 1.29 is 4.74 Å². The first-order chi connectivity index (χ1) is 10.8. The minimum Gasteiger partial charge on any atom is -0.487 e. The van der Waals surface area contributed by atoms with E-state index in [4.69, 9.17) is 4.74 Å². The molecule has 0 saturated carbocycles. The maximum absolute atomic E-state index is 12.0. The van der Waals surface area contributed by atoms with E-state index in [0.717, 1.165) is 18.7 Å². The molecule has 1 aliphatic rings. The van der Waals surface area contributed by atoms with Crippen molar-refractivity contribution in [3.8, 4) is 5.75 Å². The summed E-state index contributed by atoms with van der Waals surface area (Å²) < 4.78 is 5.89. The van der Waals surface area contributed by atoms with Crippen LogP contribution in [0.15, 0.2) is 35.5 Å². The maximum Gasteiger partial charge on any atom is 0.263 e. The molecule has 3 aromatic rings. The number of nitrogens with zero attached hydrogens (tertiary/aromatic N) is 4. The van der Waals surface area contributed by atoms with Crippen LogP contribution in [-0.4, -0.2) is 44.3 Å². The summed E-state index contributed by atoms with van der Waals surface area (Å²) in [5.41, 5.74) is 0.306. The van der Waals surface area contributed by atoms with E-state index in [1.807, 2.05) is 17.0 Å². The van der Waals surface area contributed by atoms with E-state index in [2.05, 4.69) is 25.1 Å². The van der Waals surface area contributed by atoms with Gasteiger partial charge in [0.2, 0.25) is 5.95 Å². The van der Waals surface area contributed by atoms with Crippen LogP contribution < -0.4 is 15.2 Å². The molecule has 112 valence electrons. The lowest BCUT2D eigenvalue weighted by Crippen LogP contribution is -2.27. The van der Waals surface area contributed by atoms with Crippen LogP contribution >= 0.6 is 0 Å². The lowest BCUT2D eigenvalue weighted by Gasteiger charge is -2.17. The number of pyridine rings is 1. The fourth-order valence-electron chi connectivity index (χ4n) is 2.61. The maximum atomic E-state index is 12.0. The zero-order valence-corrected chi connectivity index (χ0v) is 11.7. The van der Waals surface area contributed by atoms with Gasteiger partial charge < -0.3 is 9.64 Å². The Morgan fingerprint density at radius 3 is 3.18 bits per heavy atom. The summed E-state index contributed by atoms with van der Waals surface area (Å²) in [5.74, 6) is 1.29. The van der Waals surface area contributed by atoms with Gasteiger partial charge in [-0.3, -0.25) is 19.9 Å². The van der Waals surface area contributed by atoms with Crippen molar-refractivity contribution in [1.29, 1.82) is 0 Å². The molecule has 0 aromatic carbocycles. The third-order valence-corrected chi connectivity index (χ3v) is 3.69. The Kier molecular flexibility index (Phi) is 2.99. The second-order valence-corrected chi connectivity index (χ2v) is 5.19. The average molecular weight is 298 g/mol. The SMILES string of the molecule is O=c1[nH]c(N2CCC(Oc3cccnc3)C2)nc2[nH]ncc12. The topological polar surface area (TPSA) is 99.8 Å². The van der Waals surface area contributed by atoms with E-state index in [-0.39, 0.29) is 11.7 Å². The Bertz CT molecular complexity index is 843. The molecule has 1 aliphatic heterocycles. The average Bonchev–Trinajstić information content (AvgIpc) is 3.17. The van der Waals surface area contributed by atoms with E-state index in [1.54, 1.807) is 12.4 Å². The highest BCUT2D eigenvalue weighted by Gasteiger charge is 2.26. The van der Waals surface area contributed by atoms with Crippen LogP contribution in [0.1, 0.15) is 6.42 Å². The van der Waals surface area contributed by atoms with Crippen LogP contribution in [-0.2, 0) is 0 Å². The summed E-state index contributed by atoms with van der Waals surface area (Å²) in [5, 5.41) is 7.03. The standard InChI is InChI=1S/C14H14N6O2/c21-13-11-7-16-19-12(11)17-14(18-13)20-5-3-10(8-20)22-9-2-1-4-15-6-9/h1-2,4,6-7,10H,3,5,8H2,(H2,16,17,18,19,21). The molecule has 0 radical (unpaired) electrons. The van der Waals surface area contributed by atoms with Crippen LogP contribution in [0.25, 0.3) is 11.0 Å². The molecular formula is C14H14N6O2. The van der Waals surface area contributed by atoms with E-state index in [0.29, 0.717) is 23.5 Å². The Labute approximate surface area is 125 Å². The van der Waals surface area contributed by atoms with Crippen LogP contribution in [0.5, 0.6) is 5.75 Å². The molecule has 0 amide bonds. The largest absolute Gasteiger partial charge is 0.487 e. The van der Waals surface area contributed by atoms with Crippen LogP contribution in [0.3, 0.4) is 0 Å². The molecule has 8 nitrogen and oxygen atoms in total. The molecule has 4 heterocycles. The summed E-state index contributed by atoms with van der Waals surface area (Å²) in [6, 6.07) is 3.72. The van der Waals surface area contributed by atoms with Crippen molar-refractivity contribution in [2.75, 3.05) is 18.0 Å². The van der Waals surface area contributed by atoms with Crippen LogP contribution in [0.2, 0.25) is 0 Å². The molecule has 0 spiro atoms. The minimum atomic E-state index is -0.189. The summed E-state index contributed by atoms with van der Waals surface area (Å²) in [7, 11) is 0. The lowest BCUT2D eigenvalue weighted by atomic mass is 10.3. The first-order valence-corrected chi connectivity index (χ1v) is 7.04. The number of hydrogen-bond donors (Lipinski definition) is 2. The van der Waals surface area contributed by atoms with Crippen LogP contribution in [0.4, 0.5) is 5.95 Å². The minimum absolute atomic E-state index is 0.0481.